The average molecular weight is 504 g/mol. The third-order valence-corrected chi connectivity index (χ3v) is 5.86. The van der Waals surface area contributed by atoms with Crippen LogP contribution in [0.15, 0.2) is 4.99 Å². The van der Waals surface area contributed by atoms with Gasteiger partial charge in [-0.15, -0.1) is 24.0 Å². The maximum atomic E-state index is 12.4. The summed E-state index contributed by atoms with van der Waals surface area (Å²) in [5, 5.41) is 3.31. The lowest BCUT2D eigenvalue weighted by atomic mass is 10.1. The number of halogens is 1. The van der Waals surface area contributed by atoms with E-state index in [4.69, 9.17) is 4.74 Å². The van der Waals surface area contributed by atoms with E-state index in [0.29, 0.717) is 32.1 Å². The number of piperazine rings is 1. The summed E-state index contributed by atoms with van der Waals surface area (Å²) in [6, 6.07) is 0. The van der Waals surface area contributed by atoms with Crippen LogP contribution in [0.1, 0.15) is 41.0 Å². The minimum Gasteiger partial charge on any atom is -0.378 e. The van der Waals surface area contributed by atoms with E-state index in [0.717, 1.165) is 25.5 Å². The van der Waals surface area contributed by atoms with Crippen molar-refractivity contribution in [2.45, 2.75) is 47.1 Å². The lowest BCUT2D eigenvalue weighted by Crippen LogP contribution is -2.54. The monoisotopic (exact) mass is 504 g/mol. The molecule has 0 aromatic rings. The molecule has 0 aromatic carbocycles. The van der Waals surface area contributed by atoms with Gasteiger partial charge in [0.05, 0.1) is 18.5 Å². The number of rotatable bonds is 9. The highest BCUT2D eigenvalue weighted by Gasteiger charge is 2.27. The van der Waals surface area contributed by atoms with Crippen LogP contribution in [0, 0.1) is 5.92 Å². The van der Waals surface area contributed by atoms with Crippen molar-refractivity contribution < 1.29 is 13.2 Å². The van der Waals surface area contributed by atoms with Gasteiger partial charge in [-0.3, -0.25) is 4.99 Å². The van der Waals surface area contributed by atoms with Crippen molar-refractivity contribution in [3.05, 3.63) is 0 Å². The molecule has 0 aromatic heterocycles. The van der Waals surface area contributed by atoms with Gasteiger partial charge in [0.15, 0.2) is 5.96 Å². The predicted octanol–water partition coefficient (Wildman–Crippen LogP) is 1.99. The highest BCUT2D eigenvalue weighted by Crippen LogP contribution is 2.09. The van der Waals surface area contributed by atoms with E-state index in [2.05, 4.69) is 29.1 Å². The van der Waals surface area contributed by atoms with Crippen molar-refractivity contribution >= 4 is 40.0 Å². The number of aliphatic imine (C=N–C) groups is 1. The molecule has 0 aliphatic carbocycles. The van der Waals surface area contributed by atoms with Crippen molar-refractivity contribution in [1.29, 1.82) is 0 Å². The Balaban J connectivity index is 0.00000625. The van der Waals surface area contributed by atoms with E-state index < -0.39 is 10.0 Å². The van der Waals surface area contributed by atoms with Gasteiger partial charge in [0, 0.05) is 39.3 Å². The number of nitrogens with one attached hydrogen (secondary N) is 1. The molecule has 1 N–H and O–H groups in total. The molecular weight excluding hydrogens is 467 g/mol. The van der Waals surface area contributed by atoms with Crippen LogP contribution >= 0.6 is 24.0 Å². The molecule has 1 aliphatic heterocycles. The molecule has 1 fully saturated rings. The second kappa shape index (κ2) is 13.1. The average Bonchev–Trinajstić information content (AvgIpc) is 2.53. The van der Waals surface area contributed by atoms with E-state index >= 15 is 0 Å². The molecular formula is C17H37IN4O3S. The fraction of sp³-hybridized carbons (Fsp3) is 0.941. The second-order valence-corrected chi connectivity index (χ2v) is 9.13. The molecule has 1 aliphatic rings. The number of sulfonamides is 1. The van der Waals surface area contributed by atoms with Crippen LogP contribution in [-0.4, -0.2) is 81.3 Å². The van der Waals surface area contributed by atoms with E-state index in [1.54, 1.807) is 4.31 Å². The summed E-state index contributed by atoms with van der Waals surface area (Å²) < 4.78 is 31.7. The molecule has 9 heteroatoms. The van der Waals surface area contributed by atoms with Crippen LogP contribution in [-0.2, 0) is 14.8 Å². The summed E-state index contributed by atoms with van der Waals surface area (Å²) >= 11 is 0. The maximum Gasteiger partial charge on any atom is 0.216 e. The Morgan fingerprint density at radius 3 is 2.27 bits per heavy atom. The standard InChI is InChI=1S/C17H36N4O3S.HI/c1-6-18-17(19-8-7-15(2)3)20-9-11-21(12-10-20)25(22,23)14-13-24-16(4)5;/h15-16H,6-14H2,1-5H3,(H,18,19);1H. The molecule has 1 rings (SSSR count). The molecule has 26 heavy (non-hydrogen) atoms. The summed E-state index contributed by atoms with van der Waals surface area (Å²) in [6.45, 7) is 14.4. The van der Waals surface area contributed by atoms with Crippen molar-refractivity contribution in [2.24, 2.45) is 10.9 Å². The molecule has 0 spiro atoms. The summed E-state index contributed by atoms with van der Waals surface area (Å²) in [6.07, 6.45) is 1.11. The van der Waals surface area contributed by atoms with Crippen molar-refractivity contribution in [3.8, 4) is 0 Å². The summed E-state index contributed by atoms with van der Waals surface area (Å²) in [5.74, 6) is 1.57. The van der Waals surface area contributed by atoms with Crippen molar-refractivity contribution in [1.82, 2.24) is 14.5 Å². The highest BCUT2D eigenvalue weighted by atomic mass is 127. The Kier molecular flexibility index (Phi) is 13.0. The lowest BCUT2D eigenvalue weighted by Gasteiger charge is -2.36. The third kappa shape index (κ3) is 9.70. The van der Waals surface area contributed by atoms with Gasteiger partial charge in [-0.2, -0.15) is 4.31 Å². The van der Waals surface area contributed by atoms with Gasteiger partial charge in [-0.1, -0.05) is 13.8 Å². The van der Waals surface area contributed by atoms with Crippen LogP contribution in [0.25, 0.3) is 0 Å². The Morgan fingerprint density at radius 1 is 1.15 bits per heavy atom. The fourth-order valence-electron chi connectivity index (χ4n) is 2.55. The predicted molar refractivity (Wildman–Crippen MR) is 119 cm³/mol. The van der Waals surface area contributed by atoms with Crippen LogP contribution in [0.2, 0.25) is 0 Å². The van der Waals surface area contributed by atoms with Gasteiger partial charge in [-0.05, 0) is 33.1 Å². The molecule has 0 atom stereocenters. The quantitative estimate of drug-likeness (QED) is 0.296. The van der Waals surface area contributed by atoms with E-state index in [1.165, 1.54) is 0 Å². The van der Waals surface area contributed by atoms with Gasteiger partial charge in [0.1, 0.15) is 0 Å². The van der Waals surface area contributed by atoms with Gasteiger partial charge >= 0.3 is 0 Å². The van der Waals surface area contributed by atoms with Crippen molar-refractivity contribution in [3.63, 3.8) is 0 Å². The molecule has 0 amide bonds. The Hall–Kier alpha value is -0.130. The number of ether oxygens (including phenoxy) is 1. The lowest BCUT2D eigenvalue weighted by molar-refractivity contribution is 0.0904. The highest BCUT2D eigenvalue weighted by molar-refractivity contribution is 14.0. The van der Waals surface area contributed by atoms with Crippen LogP contribution in [0.5, 0.6) is 0 Å². The topological polar surface area (TPSA) is 74.2 Å². The van der Waals surface area contributed by atoms with Gasteiger partial charge in [0.25, 0.3) is 0 Å². The van der Waals surface area contributed by atoms with E-state index in [-0.39, 0.29) is 42.4 Å². The molecule has 0 bridgehead atoms. The maximum absolute atomic E-state index is 12.4. The number of guanidine groups is 1. The van der Waals surface area contributed by atoms with Crippen LogP contribution in [0.3, 0.4) is 0 Å². The van der Waals surface area contributed by atoms with E-state index in [1.807, 2.05) is 20.8 Å². The molecule has 1 saturated heterocycles. The molecule has 0 radical (unpaired) electrons. The van der Waals surface area contributed by atoms with Crippen LogP contribution in [0.4, 0.5) is 0 Å². The molecule has 7 nitrogen and oxygen atoms in total. The minimum absolute atomic E-state index is 0. The van der Waals surface area contributed by atoms with Gasteiger partial charge < -0.3 is 15.0 Å². The first kappa shape index (κ1) is 25.9. The Morgan fingerprint density at radius 2 is 1.77 bits per heavy atom. The second-order valence-electron chi connectivity index (χ2n) is 7.04. The van der Waals surface area contributed by atoms with Gasteiger partial charge in [-0.25, -0.2) is 8.42 Å². The minimum atomic E-state index is -3.25. The van der Waals surface area contributed by atoms with Crippen LogP contribution < -0.4 is 5.32 Å². The van der Waals surface area contributed by atoms with E-state index in [9.17, 15) is 8.42 Å². The van der Waals surface area contributed by atoms with Gasteiger partial charge in [0.2, 0.25) is 10.0 Å². The largest absolute Gasteiger partial charge is 0.378 e. The Labute approximate surface area is 177 Å². The fourth-order valence-corrected chi connectivity index (χ4v) is 3.84. The number of hydrogen-bond acceptors (Lipinski definition) is 4. The normalized spacial score (nSPS) is 16.9. The summed E-state index contributed by atoms with van der Waals surface area (Å²) in [7, 11) is -3.25. The molecule has 0 unspecified atom stereocenters. The Bertz CT molecular complexity index is 504. The first-order chi connectivity index (χ1) is 11.8. The summed E-state index contributed by atoms with van der Waals surface area (Å²) in [5.41, 5.74) is 0. The van der Waals surface area contributed by atoms with Crippen molar-refractivity contribution in [2.75, 3.05) is 51.6 Å². The zero-order chi connectivity index (χ0) is 18.9. The number of hydrogen-bond donors (Lipinski definition) is 1. The zero-order valence-corrected chi connectivity index (χ0v) is 20.0. The summed E-state index contributed by atoms with van der Waals surface area (Å²) in [4.78, 5) is 6.83. The molecule has 0 saturated carbocycles. The number of nitrogens with zero attached hydrogens (tertiary/aromatic N) is 3. The third-order valence-electron chi connectivity index (χ3n) is 4.03. The first-order valence-corrected chi connectivity index (χ1v) is 11.0. The molecule has 1 heterocycles. The molecule has 156 valence electrons. The smallest absolute Gasteiger partial charge is 0.216 e. The SMILES string of the molecule is CCNC(=NCCC(C)C)N1CCN(S(=O)(=O)CCOC(C)C)CC1.I. The first-order valence-electron chi connectivity index (χ1n) is 9.39. The zero-order valence-electron chi connectivity index (χ0n) is 16.9.